The lowest BCUT2D eigenvalue weighted by Gasteiger charge is -2.29. The summed E-state index contributed by atoms with van der Waals surface area (Å²) in [6.07, 6.45) is 0.692. The molecule has 0 spiro atoms. The van der Waals surface area contributed by atoms with Gasteiger partial charge in [-0.25, -0.2) is 4.39 Å². The van der Waals surface area contributed by atoms with Crippen LogP contribution in [0, 0.1) is 5.82 Å². The van der Waals surface area contributed by atoms with Crippen molar-refractivity contribution in [1.82, 2.24) is 5.09 Å². The van der Waals surface area contributed by atoms with E-state index in [9.17, 15) is 9.50 Å². The first-order chi connectivity index (χ1) is 7.70. The molecule has 3 unspecified atom stereocenters. The van der Waals surface area contributed by atoms with Gasteiger partial charge in [-0.2, -0.15) is 0 Å². The highest BCUT2D eigenvalue weighted by Gasteiger charge is 2.25. The van der Waals surface area contributed by atoms with Gasteiger partial charge in [0.05, 0.1) is 0 Å². The summed E-state index contributed by atoms with van der Waals surface area (Å²) in [7, 11) is 2.35. The van der Waals surface area contributed by atoms with Crippen molar-refractivity contribution in [2.45, 2.75) is 25.0 Å². The fourth-order valence-corrected chi connectivity index (χ4v) is 2.14. The van der Waals surface area contributed by atoms with Crippen molar-refractivity contribution in [3.8, 4) is 5.75 Å². The van der Waals surface area contributed by atoms with Gasteiger partial charge in [0.2, 0.25) is 0 Å². The van der Waals surface area contributed by atoms with E-state index in [2.05, 4.69) is 14.5 Å². The largest absolute Gasteiger partial charge is 0.487 e. The molecule has 1 aliphatic rings. The van der Waals surface area contributed by atoms with E-state index in [-0.39, 0.29) is 11.9 Å². The Bertz CT molecular complexity index is 375. The van der Waals surface area contributed by atoms with Gasteiger partial charge < -0.3 is 9.84 Å². The standard InChI is InChI=1S/C11H15FNO2P/c12-8-2-4-10-7(5-8)1-3-11(15-10)9(14)6-13-16/h2,4-5,9,11,13-14H,1,3,6,16H2. The number of halogens is 1. The SMILES string of the molecule is OC(CNP)C1CCc2cc(F)ccc2O1. The third-order valence-corrected chi connectivity index (χ3v) is 2.99. The number of rotatable bonds is 3. The molecule has 1 aromatic carbocycles. The van der Waals surface area contributed by atoms with Gasteiger partial charge in [0.15, 0.2) is 0 Å². The molecule has 3 atom stereocenters. The molecule has 3 nitrogen and oxygen atoms in total. The van der Waals surface area contributed by atoms with E-state index in [1.807, 2.05) is 0 Å². The van der Waals surface area contributed by atoms with Crippen molar-refractivity contribution in [3.05, 3.63) is 29.6 Å². The number of benzene rings is 1. The van der Waals surface area contributed by atoms with Gasteiger partial charge in [-0.3, -0.25) is 5.09 Å². The number of aliphatic hydroxyl groups excluding tert-OH is 1. The zero-order valence-corrected chi connectivity index (χ0v) is 9.97. The average Bonchev–Trinajstić information content (AvgIpc) is 2.28. The van der Waals surface area contributed by atoms with Crippen molar-refractivity contribution >= 4 is 9.39 Å². The number of aliphatic hydroxyl groups is 1. The van der Waals surface area contributed by atoms with E-state index in [1.165, 1.54) is 12.1 Å². The highest BCUT2D eigenvalue weighted by Crippen LogP contribution is 2.29. The quantitative estimate of drug-likeness (QED) is 0.785. The Hall–Kier alpha value is -0.700. The fourth-order valence-electron chi connectivity index (χ4n) is 1.90. The number of nitrogens with one attached hydrogen (secondary N) is 1. The van der Waals surface area contributed by atoms with Gasteiger partial charge in [-0.1, -0.05) is 9.39 Å². The number of ether oxygens (including phenoxy) is 1. The molecule has 0 amide bonds. The van der Waals surface area contributed by atoms with Gasteiger partial charge in [-0.15, -0.1) is 0 Å². The molecule has 0 fully saturated rings. The summed E-state index contributed by atoms with van der Waals surface area (Å²) in [5, 5.41) is 12.6. The molecule has 2 rings (SSSR count). The maximum absolute atomic E-state index is 13.0. The summed E-state index contributed by atoms with van der Waals surface area (Å²) in [6.45, 7) is 0.464. The Morgan fingerprint density at radius 1 is 1.62 bits per heavy atom. The summed E-state index contributed by atoms with van der Waals surface area (Å²) in [5.74, 6) is 0.438. The Labute approximate surface area is 96.3 Å². The summed E-state index contributed by atoms with van der Waals surface area (Å²) in [6, 6.07) is 4.49. The van der Waals surface area contributed by atoms with Crippen molar-refractivity contribution in [2.75, 3.05) is 6.54 Å². The van der Waals surface area contributed by atoms with Crippen LogP contribution in [0.3, 0.4) is 0 Å². The minimum absolute atomic E-state index is 0.217. The van der Waals surface area contributed by atoms with Crippen LogP contribution in [-0.2, 0) is 6.42 Å². The molecule has 1 aliphatic heterocycles. The number of hydrogen-bond acceptors (Lipinski definition) is 3. The van der Waals surface area contributed by atoms with Crippen molar-refractivity contribution in [1.29, 1.82) is 0 Å². The van der Waals surface area contributed by atoms with Crippen molar-refractivity contribution in [3.63, 3.8) is 0 Å². The van der Waals surface area contributed by atoms with Crippen LogP contribution in [0.15, 0.2) is 18.2 Å². The Morgan fingerprint density at radius 3 is 3.19 bits per heavy atom. The molecule has 16 heavy (non-hydrogen) atoms. The molecule has 88 valence electrons. The predicted molar refractivity (Wildman–Crippen MR) is 62.9 cm³/mol. The first kappa shape index (κ1) is 11.8. The molecule has 0 saturated heterocycles. The lowest BCUT2D eigenvalue weighted by molar-refractivity contribution is 0.0278. The Balaban J connectivity index is 2.09. The van der Waals surface area contributed by atoms with Gasteiger partial charge in [0, 0.05) is 6.54 Å². The maximum Gasteiger partial charge on any atom is 0.126 e. The van der Waals surface area contributed by atoms with Crippen molar-refractivity contribution < 1.29 is 14.2 Å². The van der Waals surface area contributed by atoms with E-state index >= 15 is 0 Å². The maximum atomic E-state index is 13.0. The first-order valence-electron chi connectivity index (χ1n) is 5.27. The second-order valence-electron chi connectivity index (χ2n) is 3.92. The Morgan fingerprint density at radius 2 is 2.44 bits per heavy atom. The van der Waals surface area contributed by atoms with Crippen LogP contribution in [-0.4, -0.2) is 23.9 Å². The van der Waals surface area contributed by atoms with Crippen molar-refractivity contribution in [2.24, 2.45) is 0 Å². The number of fused-ring (bicyclic) bond motifs is 1. The van der Waals surface area contributed by atoms with Crippen LogP contribution in [0.2, 0.25) is 0 Å². The molecule has 2 N–H and O–H groups in total. The van der Waals surface area contributed by atoms with E-state index < -0.39 is 6.10 Å². The van der Waals surface area contributed by atoms with Crippen LogP contribution in [0.1, 0.15) is 12.0 Å². The zero-order valence-electron chi connectivity index (χ0n) is 8.82. The highest BCUT2D eigenvalue weighted by molar-refractivity contribution is 7.13. The van der Waals surface area contributed by atoms with Crippen LogP contribution >= 0.6 is 9.39 Å². The van der Waals surface area contributed by atoms with Crippen LogP contribution < -0.4 is 9.82 Å². The van der Waals surface area contributed by atoms with Crippen LogP contribution in [0.4, 0.5) is 4.39 Å². The highest BCUT2D eigenvalue weighted by atomic mass is 31.0. The molecule has 0 aromatic heterocycles. The van der Waals surface area contributed by atoms with Gasteiger partial charge >= 0.3 is 0 Å². The summed E-state index contributed by atoms with van der Waals surface area (Å²) >= 11 is 0. The second-order valence-corrected chi connectivity index (χ2v) is 4.33. The monoisotopic (exact) mass is 243 g/mol. The minimum Gasteiger partial charge on any atom is -0.487 e. The van der Waals surface area contributed by atoms with Gasteiger partial charge in [0.1, 0.15) is 23.8 Å². The molecule has 0 aliphatic carbocycles. The summed E-state index contributed by atoms with van der Waals surface area (Å²) in [5.41, 5.74) is 0.877. The molecule has 1 heterocycles. The normalized spacial score (nSPS) is 21.1. The topological polar surface area (TPSA) is 41.5 Å². The number of aryl methyl sites for hydroxylation is 1. The molecular weight excluding hydrogens is 228 g/mol. The summed E-state index contributed by atoms with van der Waals surface area (Å²) in [4.78, 5) is 0. The first-order valence-corrected chi connectivity index (χ1v) is 5.85. The summed E-state index contributed by atoms with van der Waals surface area (Å²) < 4.78 is 18.6. The molecule has 0 saturated carbocycles. The Kier molecular flexibility index (Phi) is 3.74. The van der Waals surface area contributed by atoms with E-state index in [0.29, 0.717) is 18.7 Å². The smallest absolute Gasteiger partial charge is 0.126 e. The van der Waals surface area contributed by atoms with Gasteiger partial charge in [-0.05, 0) is 36.6 Å². The minimum atomic E-state index is -0.546. The average molecular weight is 243 g/mol. The molecule has 0 radical (unpaired) electrons. The van der Waals surface area contributed by atoms with Gasteiger partial charge in [0.25, 0.3) is 0 Å². The lowest BCUT2D eigenvalue weighted by Crippen LogP contribution is -2.39. The third kappa shape index (κ3) is 2.51. The molecule has 1 aromatic rings. The second kappa shape index (κ2) is 5.09. The third-order valence-electron chi connectivity index (χ3n) is 2.76. The zero-order chi connectivity index (χ0) is 11.5. The molecule has 0 bridgehead atoms. The van der Waals surface area contributed by atoms with Crippen LogP contribution in [0.5, 0.6) is 5.75 Å². The number of hydrogen-bond donors (Lipinski definition) is 2. The molecule has 5 heteroatoms. The van der Waals surface area contributed by atoms with E-state index in [4.69, 9.17) is 4.74 Å². The fraction of sp³-hybridized carbons (Fsp3) is 0.455. The predicted octanol–water partition coefficient (Wildman–Crippen LogP) is 1.26. The van der Waals surface area contributed by atoms with Crippen LogP contribution in [0.25, 0.3) is 0 Å². The van der Waals surface area contributed by atoms with E-state index in [0.717, 1.165) is 12.0 Å². The molecular formula is C11H15FNO2P. The lowest BCUT2D eigenvalue weighted by atomic mass is 9.99. The van der Waals surface area contributed by atoms with E-state index in [1.54, 1.807) is 6.07 Å².